The van der Waals surface area contributed by atoms with Gasteiger partial charge in [0.15, 0.2) is 5.75 Å². The molecule has 1 heterocycles. The number of nitrogens with zero attached hydrogens (tertiary/aromatic N) is 2. The highest BCUT2D eigenvalue weighted by Crippen LogP contribution is 2.28. The second-order valence-corrected chi connectivity index (χ2v) is 5.94. The Morgan fingerprint density at radius 2 is 2.19 bits per heavy atom. The zero-order valence-corrected chi connectivity index (χ0v) is 11.7. The van der Waals surface area contributed by atoms with E-state index in [0.29, 0.717) is 5.82 Å². The normalized spacial score (nSPS) is 13.0. The molecular weight excluding hydrogens is 300 g/mol. The lowest BCUT2D eigenvalue weighted by atomic mass is 10.3. The number of nitrogens with one attached hydrogen (secondary N) is 2. The number of aromatic amines is 1. The molecule has 1 aromatic heterocycles. The number of benzene rings is 1. The molecule has 0 saturated carbocycles. The van der Waals surface area contributed by atoms with Crippen molar-refractivity contribution in [2.75, 3.05) is 0 Å². The Morgan fingerprint density at radius 3 is 2.76 bits per heavy atom. The predicted molar refractivity (Wildman–Crippen MR) is 72.1 cm³/mol. The van der Waals surface area contributed by atoms with Crippen LogP contribution in [0.25, 0.3) is 0 Å². The van der Waals surface area contributed by atoms with Gasteiger partial charge in [0.05, 0.1) is 15.9 Å². The van der Waals surface area contributed by atoms with Gasteiger partial charge in [0.1, 0.15) is 5.82 Å². The van der Waals surface area contributed by atoms with Crippen molar-refractivity contribution in [3.8, 4) is 5.75 Å². The first-order valence-corrected chi connectivity index (χ1v) is 7.28. The molecule has 10 heteroatoms. The van der Waals surface area contributed by atoms with Crippen molar-refractivity contribution in [2.45, 2.75) is 17.9 Å². The van der Waals surface area contributed by atoms with Crippen LogP contribution < -0.4 is 4.72 Å². The number of H-pyrrole nitrogens is 1. The van der Waals surface area contributed by atoms with Crippen LogP contribution in [0.3, 0.4) is 0 Å². The first kappa shape index (κ1) is 14.9. The van der Waals surface area contributed by atoms with Crippen molar-refractivity contribution in [2.24, 2.45) is 0 Å². The Labute approximate surface area is 119 Å². The van der Waals surface area contributed by atoms with E-state index in [9.17, 15) is 23.6 Å². The summed E-state index contributed by atoms with van der Waals surface area (Å²) in [5.74, 6) is -0.190. The maximum absolute atomic E-state index is 12.2. The molecule has 0 fully saturated rings. The topological polar surface area (TPSA) is 138 Å². The van der Waals surface area contributed by atoms with Crippen molar-refractivity contribution in [1.82, 2.24) is 14.7 Å². The molecule has 1 atom stereocenters. The summed E-state index contributed by atoms with van der Waals surface area (Å²) in [6, 6.07) is 2.20. The van der Waals surface area contributed by atoms with Gasteiger partial charge in [-0.3, -0.25) is 10.1 Å². The van der Waals surface area contributed by atoms with Crippen LogP contribution in [0.15, 0.2) is 35.5 Å². The van der Waals surface area contributed by atoms with Crippen LogP contribution in [0, 0.1) is 10.1 Å². The van der Waals surface area contributed by atoms with Gasteiger partial charge in [-0.05, 0) is 19.1 Å². The van der Waals surface area contributed by atoms with Gasteiger partial charge in [-0.2, -0.15) is 0 Å². The van der Waals surface area contributed by atoms with Gasteiger partial charge in [-0.25, -0.2) is 18.1 Å². The lowest BCUT2D eigenvalue weighted by Crippen LogP contribution is -2.27. The van der Waals surface area contributed by atoms with Gasteiger partial charge < -0.3 is 10.1 Å². The molecule has 9 nitrogen and oxygen atoms in total. The molecule has 0 aliphatic rings. The van der Waals surface area contributed by atoms with E-state index in [0.717, 1.165) is 18.2 Å². The Bertz CT molecular complexity index is 757. The van der Waals surface area contributed by atoms with Gasteiger partial charge in [-0.1, -0.05) is 0 Å². The summed E-state index contributed by atoms with van der Waals surface area (Å²) < 4.78 is 26.7. The van der Waals surface area contributed by atoms with Gasteiger partial charge in [0, 0.05) is 18.5 Å². The van der Waals surface area contributed by atoms with E-state index in [1.807, 2.05) is 0 Å². The summed E-state index contributed by atoms with van der Waals surface area (Å²) in [6.07, 6.45) is 3.02. The molecule has 3 N–H and O–H groups in total. The third kappa shape index (κ3) is 3.17. The van der Waals surface area contributed by atoms with Gasteiger partial charge in [0.25, 0.3) is 0 Å². The summed E-state index contributed by atoms with van der Waals surface area (Å²) in [7, 11) is -3.98. The number of aromatic nitrogens is 2. The molecule has 0 saturated heterocycles. The molecule has 112 valence electrons. The highest BCUT2D eigenvalue weighted by molar-refractivity contribution is 7.89. The van der Waals surface area contributed by atoms with Crippen molar-refractivity contribution in [3.05, 3.63) is 46.5 Å². The molecule has 1 aromatic carbocycles. The summed E-state index contributed by atoms with van der Waals surface area (Å²) in [5, 5.41) is 20.1. The van der Waals surface area contributed by atoms with E-state index in [1.165, 1.54) is 6.20 Å². The zero-order valence-electron chi connectivity index (χ0n) is 10.8. The minimum Gasteiger partial charge on any atom is -0.502 e. The molecule has 0 amide bonds. The van der Waals surface area contributed by atoms with Crippen LogP contribution in [0.5, 0.6) is 5.75 Å². The molecule has 0 spiro atoms. The van der Waals surface area contributed by atoms with E-state index in [1.54, 1.807) is 13.1 Å². The number of imidazole rings is 1. The number of phenols is 1. The number of phenolic OH excluding ortho intramolecular Hbond substituents is 1. The number of hydrogen-bond donors (Lipinski definition) is 3. The lowest BCUT2D eigenvalue weighted by molar-refractivity contribution is -0.386. The van der Waals surface area contributed by atoms with Gasteiger partial charge in [-0.15, -0.1) is 0 Å². The van der Waals surface area contributed by atoms with Gasteiger partial charge >= 0.3 is 5.69 Å². The first-order chi connectivity index (χ1) is 9.81. The number of nitro groups is 1. The maximum Gasteiger partial charge on any atom is 0.312 e. The first-order valence-electron chi connectivity index (χ1n) is 5.80. The average molecular weight is 312 g/mol. The van der Waals surface area contributed by atoms with E-state index < -0.39 is 32.4 Å². The molecule has 0 bridgehead atoms. The van der Waals surface area contributed by atoms with E-state index in [4.69, 9.17) is 0 Å². The maximum atomic E-state index is 12.2. The SMILES string of the molecule is CC(NS(=O)(=O)c1ccc(O)c([N+](=O)[O-])c1)c1ncc[nH]1. The number of rotatable bonds is 5. The largest absolute Gasteiger partial charge is 0.502 e. The summed E-state index contributed by atoms with van der Waals surface area (Å²) in [6.45, 7) is 1.57. The minimum absolute atomic E-state index is 0.314. The Hall–Kier alpha value is -2.46. The van der Waals surface area contributed by atoms with Crippen LogP contribution in [0.4, 0.5) is 5.69 Å². The molecule has 0 aliphatic heterocycles. The average Bonchev–Trinajstić information content (AvgIpc) is 2.92. The fourth-order valence-electron chi connectivity index (χ4n) is 1.69. The summed E-state index contributed by atoms with van der Waals surface area (Å²) >= 11 is 0. The van der Waals surface area contributed by atoms with Crippen LogP contribution in [-0.2, 0) is 10.0 Å². The number of hydrogen-bond acceptors (Lipinski definition) is 6. The van der Waals surface area contributed by atoms with Crippen molar-refractivity contribution in [1.29, 1.82) is 0 Å². The molecular formula is C11H12N4O5S. The van der Waals surface area contributed by atoms with Crippen LogP contribution in [0.1, 0.15) is 18.8 Å². The quantitative estimate of drug-likeness (QED) is 0.557. The second kappa shape index (κ2) is 5.50. The third-order valence-electron chi connectivity index (χ3n) is 2.72. The lowest BCUT2D eigenvalue weighted by Gasteiger charge is -2.12. The Kier molecular flexibility index (Phi) is 3.91. The molecule has 0 aliphatic carbocycles. The molecule has 1 unspecified atom stereocenters. The Balaban J connectivity index is 2.32. The molecule has 21 heavy (non-hydrogen) atoms. The van der Waals surface area contributed by atoms with E-state index in [2.05, 4.69) is 14.7 Å². The molecule has 2 rings (SSSR count). The zero-order chi connectivity index (χ0) is 15.6. The van der Waals surface area contributed by atoms with Crippen LogP contribution in [0.2, 0.25) is 0 Å². The predicted octanol–water partition coefficient (Wildman–Crippen LogP) is 1.06. The highest BCUT2D eigenvalue weighted by atomic mass is 32.2. The molecule has 2 aromatic rings. The standard InChI is InChI=1S/C11H12N4O5S/c1-7(11-12-4-5-13-11)14-21(19,20)8-2-3-10(16)9(6-8)15(17)18/h2-7,14,16H,1H3,(H,12,13). The number of sulfonamides is 1. The van der Waals surface area contributed by atoms with Crippen molar-refractivity contribution < 1.29 is 18.4 Å². The van der Waals surface area contributed by atoms with Crippen LogP contribution >= 0.6 is 0 Å². The van der Waals surface area contributed by atoms with E-state index in [-0.39, 0.29) is 4.90 Å². The second-order valence-electron chi connectivity index (χ2n) is 4.23. The number of nitro benzene ring substituents is 1. The smallest absolute Gasteiger partial charge is 0.312 e. The summed E-state index contributed by atoms with van der Waals surface area (Å²) in [4.78, 5) is 16.2. The fraction of sp³-hybridized carbons (Fsp3) is 0.182. The monoisotopic (exact) mass is 312 g/mol. The fourth-order valence-corrected chi connectivity index (χ4v) is 2.91. The van der Waals surface area contributed by atoms with Crippen LogP contribution in [-0.4, -0.2) is 28.4 Å². The van der Waals surface area contributed by atoms with Crippen molar-refractivity contribution in [3.63, 3.8) is 0 Å². The van der Waals surface area contributed by atoms with E-state index >= 15 is 0 Å². The Morgan fingerprint density at radius 1 is 1.48 bits per heavy atom. The summed E-state index contributed by atoms with van der Waals surface area (Å²) in [5.41, 5.74) is -0.677. The van der Waals surface area contributed by atoms with Crippen molar-refractivity contribution >= 4 is 15.7 Å². The molecule has 0 radical (unpaired) electrons. The van der Waals surface area contributed by atoms with Gasteiger partial charge in [0.2, 0.25) is 10.0 Å². The third-order valence-corrected chi connectivity index (χ3v) is 4.25. The minimum atomic E-state index is -3.98. The number of aromatic hydroxyl groups is 1. The highest BCUT2D eigenvalue weighted by Gasteiger charge is 2.23.